The fourth-order valence-electron chi connectivity index (χ4n) is 8.81. The zero-order valence-corrected chi connectivity index (χ0v) is 33.0. The minimum atomic E-state index is 1.11. The van der Waals surface area contributed by atoms with Gasteiger partial charge in [-0.1, -0.05) is 188 Å². The second-order valence-corrected chi connectivity index (χ2v) is 15.4. The molecule has 0 fully saturated rings. The number of rotatable bonds is 8. The van der Waals surface area contributed by atoms with Crippen molar-refractivity contribution in [2.75, 3.05) is 4.90 Å². The molecule has 11 aromatic rings. The molecule has 0 aliphatic carbocycles. The van der Waals surface area contributed by atoms with Crippen molar-refractivity contribution in [3.05, 3.63) is 243 Å². The average Bonchev–Trinajstić information content (AvgIpc) is 3.66. The third kappa shape index (κ3) is 6.41. The molecule has 60 heavy (non-hydrogen) atoms. The number of hydrogen-bond acceptors (Lipinski definition) is 1. The lowest BCUT2D eigenvalue weighted by molar-refractivity contribution is 1.18. The molecular formula is C58H40N2. The monoisotopic (exact) mass is 764 g/mol. The molecule has 0 bridgehead atoms. The molecule has 0 aliphatic rings. The maximum Gasteiger partial charge on any atom is 0.0547 e. The van der Waals surface area contributed by atoms with E-state index in [-0.39, 0.29) is 0 Å². The molecule has 1 aromatic heterocycles. The summed E-state index contributed by atoms with van der Waals surface area (Å²) in [6, 6.07) is 87.8. The van der Waals surface area contributed by atoms with E-state index in [4.69, 9.17) is 0 Å². The van der Waals surface area contributed by atoms with Gasteiger partial charge in [0.15, 0.2) is 0 Å². The standard InChI is InChI=1S/C58H40N2/c1-3-13-41(14-4-1)43-29-34-50(35-30-43)59(56-24-12-18-47-17-7-8-21-53(47)56)52-20-11-19-48(39-52)45-25-27-46(28-26-45)49-33-38-55-54-22-9-10-23-57(54)60(58(55)40-49)51-36-31-44(32-37-51)42-15-5-2-6-16-42/h1-40H. The van der Waals surface area contributed by atoms with E-state index in [0.717, 1.165) is 22.7 Å². The smallest absolute Gasteiger partial charge is 0.0547 e. The highest BCUT2D eigenvalue weighted by molar-refractivity contribution is 6.10. The summed E-state index contributed by atoms with van der Waals surface area (Å²) < 4.78 is 2.40. The molecule has 0 unspecified atom stereocenters. The van der Waals surface area contributed by atoms with Crippen LogP contribution in [0.25, 0.3) is 82.8 Å². The molecule has 11 rings (SSSR count). The molecule has 0 N–H and O–H groups in total. The van der Waals surface area contributed by atoms with Gasteiger partial charge in [-0.05, 0) is 104 Å². The summed E-state index contributed by atoms with van der Waals surface area (Å²) in [6.07, 6.45) is 0. The topological polar surface area (TPSA) is 8.17 Å². The Balaban J connectivity index is 0.953. The molecule has 0 radical (unpaired) electrons. The molecule has 0 amide bonds. The zero-order chi connectivity index (χ0) is 39.8. The van der Waals surface area contributed by atoms with Gasteiger partial charge in [0.1, 0.15) is 0 Å². The second kappa shape index (κ2) is 15.1. The van der Waals surface area contributed by atoms with Gasteiger partial charge >= 0.3 is 0 Å². The first-order valence-corrected chi connectivity index (χ1v) is 20.6. The molecule has 2 nitrogen and oxygen atoms in total. The Hall–Kier alpha value is -7.94. The summed E-state index contributed by atoms with van der Waals surface area (Å²) in [5.41, 5.74) is 16.5. The first-order chi connectivity index (χ1) is 29.7. The number of aromatic nitrogens is 1. The van der Waals surface area contributed by atoms with Crippen LogP contribution in [0.15, 0.2) is 243 Å². The molecule has 0 aliphatic heterocycles. The summed E-state index contributed by atoms with van der Waals surface area (Å²) in [6.45, 7) is 0. The van der Waals surface area contributed by atoms with Gasteiger partial charge in [-0.25, -0.2) is 0 Å². The zero-order valence-electron chi connectivity index (χ0n) is 33.0. The van der Waals surface area contributed by atoms with E-state index < -0.39 is 0 Å². The van der Waals surface area contributed by atoms with Crippen molar-refractivity contribution in [3.63, 3.8) is 0 Å². The Labute approximate surface area is 350 Å². The van der Waals surface area contributed by atoms with Crippen LogP contribution in [0.3, 0.4) is 0 Å². The molecule has 1 heterocycles. The highest BCUT2D eigenvalue weighted by Crippen LogP contribution is 2.41. The third-order valence-electron chi connectivity index (χ3n) is 11.8. The molecular weight excluding hydrogens is 725 g/mol. The fraction of sp³-hybridized carbons (Fsp3) is 0. The molecule has 0 saturated carbocycles. The lowest BCUT2D eigenvalue weighted by Gasteiger charge is -2.27. The summed E-state index contributed by atoms with van der Waals surface area (Å²) in [5.74, 6) is 0. The van der Waals surface area contributed by atoms with Crippen molar-refractivity contribution in [1.29, 1.82) is 0 Å². The van der Waals surface area contributed by atoms with Crippen LogP contribution in [0.4, 0.5) is 17.1 Å². The van der Waals surface area contributed by atoms with Crippen LogP contribution < -0.4 is 4.90 Å². The number of nitrogens with zero attached hydrogens (tertiary/aromatic N) is 2. The van der Waals surface area contributed by atoms with Crippen LogP contribution in [0.1, 0.15) is 0 Å². The lowest BCUT2D eigenvalue weighted by Crippen LogP contribution is -2.10. The van der Waals surface area contributed by atoms with E-state index in [1.807, 2.05) is 0 Å². The van der Waals surface area contributed by atoms with Gasteiger partial charge in [0, 0.05) is 33.2 Å². The van der Waals surface area contributed by atoms with Crippen molar-refractivity contribution in [1.82, 2.24) is 4.57 Å². The number of hydrogen-bond donors (Lipinski definition) is 0. The molecule has 0 spiro atoms. The quantitative estimate of drug-likeness (QED) is 0.150. The van der Waals surface area contributed by atoms with Crippen LogP contribution in [0.5, 0.6) is 0 Å². The fourth-order valence-corrected chi connectivity index (χ4v) is 8.81. The van der Waals surface area contributed by atoms with Gasteiger partial charge in [0.25, 0.3) is 0 Å². The average molecular weight is 765 g/mol. The van der Waals surface area contributed by atoms with Crippen LogP contribution in [0.2, 0.25) is 0 Å². The summed E-state index contributed by atoms with van der Waals surface area (Å²) in [7, 11) is 0. The van der Waals surface area contributed by atoms with Gasteiger partial charge in [0.05, 0.1) is 16.7 Å². The van der Waals surface area contributed by atoms with E-state index in [9.17, 15) is 0 Å². The molecule has 282 valence electrons. The number of benzene rings is 10. The maximum atomic E-state index is 2.40. The molecule has 10 aromatic carbocycles. The number of anilines is 3. The Morgan fingerprint density at radius 2 is 0.733 bits per heavy atom. The molecule has 0 atom stereocenters. The minimum Gasteiger partial charge on any atom is -0.310 e. The summed E-state index contributed by atoms with van der Waals surface area (Å²) >= 11 is 0. The van der Waals surface area contributed by atoms with Crippen LogP contribution in [-0.4, -0.2) is 4.57 Å². The van der Waals surface area contributed by atoms with Crippen LogP contribution in [-0.2, 0) is 0 Å². The van der Waals surface area contributed by atoms with Crippen LogP contribution >= 0.6 is 0 Å². The Morgan fingerprint density at radius 1 is 0.267 bits per heavy atom. The predicted molar refractivity (Wildman–Crippen MR) is 255 cm³/mol. The van der Waals surface area contributed by atoms with E-state index in [1.165, 1.54) is 77.1 Å². The van der Waals surface area contributed by atoms with Gasteiger partial charge in [0.2, 0.25) is 0 Å². The lowest BCUT2D eigenvalue weighted by atomic mass is 9.98. The number of para-hydroxylation sites is 1. The first kappa shape index (κ1) is 35.2. The third-order valence-corrected chi connectivity index (χ3v) is 11.8. The van der Waals surface area contributed by atoms with E-state index in [2.05, 4.69) is 252 Å². The van der Waals surface area contributed by atoms with Crippen molar-refractivity contribution < 1.29 is 0 Å². The van der Waals surface area contributed by atoms with Crippen LogP contribution in [0, 0.1) is 0 Å². The highest BCUT2D eigenvalue weighted by Gasteiger charge is 2.17. The summed E-state index contributed by atoms with van der Waals surface area (Å²) in [4.78, 5) is 2.39. The SMILES string of the molecule is c1ccc(-c2ccc(N(c3cccc(-c4ccc(-c5ccc6c7ccccc7n(-c7ccc(-c8ccccc8)cc7)c6c5)cc4)c3)c3cccc4ccccc34)cc2)cc1. The molecule has 2 heteroatoms. The Kier molecular flexibility index (Phi) is 8.87. The highest BCUT2D eigenvalue weighted by atomic mass is 15.1. The first-order valence-electron chi connectivity index (χ1n) is 20.6. The van der Waals surface area contributed by atoms with Gasteiger partial charge in [-0.3, -0.25) is 0 Å². The largest absolute Gasteiger partial charge is 0.310 e. The Morgan fingerprint density at radius 3 is 1.43 bits per heavy atom. The number of fused-ring (bicyclic) bond motifs is 4. The van der Waals surface area contributed by atoms with E-state index in [0.29, 0.717) is 0 Å². The van der Waals surface area contributed by atoms with Crippen molar-refractivity contribution in [3.8, 4) is 50.2 Å². The molecule has 0 saturated heterocycles. The second-order valence-electron chi connectivity index (χ2n) is 15.4. The van der Waals surface area contributed by atoms with Gasteiger partial charge in [-0.2, -0.15) is 0 Å². The van der Waals surface area contributed by atoms with Crippen molar-refractivity contribution >= 4 is 49.6 Å². The van der Waals surface area contributed by atoms with E-state index in [1.54, 1.807) is 0 Å². The maximum absolute atomic E-state index is 2.40. The minimum absolute atomic E-state index is 1.11. The predicted octanol–water partition coefficient (Wildman–Crippen LogP) is 16.1. The van der Waals surface area contributed by atoms with Crippen molar-refractivity contribution in [2.24, 2.45) is 0 Å². The summed E-state index contributed by atoms with van der Waals surface area (Å²) in [5, 5.41) is 4.93. The van der Waals surface area contributed by atoms with Crippen molar-refractivity contribution in [2.45, 2.75) is 0 Å². The van der Waals surface area contributed by atoms with E-state index >= 15 is 0 Å². The van der Waals surface area contributed by atoms with Gasteiger partial charge in [-0.15, -0.1) is 0 Å². The van der Waals surface area contributed by atoms with Gasteiger partial charge < -0.3 is 9.47 Å². The Bertz CT molecular complexity index is 3270. The normalized spacial score (nSPS) is 11.3.